The van der Waals surface area contributed by atoms with Crippen molar-refractivity contribution in [1.82, 2.24) is 0 Å². The Morgan fingerprint density at radius 1 is 0.619 bits per heavy atom. The largest absolute Gasteiger partial charge is 0.147 e. The maximum atomic E-state index is 5.99. The molecule has 0 rings (SSSR count). The molecule has 0 aliphatic rings. The van der Waals surface area contributed by atoms with Crippen molar-refractivity contribution in [3.63, 3.8) is 0 Å². The molecule has 0 unspecified atom stereocenters. The normalized spacial score (nSPS) is 13.2. The Balaban J connectivity index is -0.00000162. The van der Waals surface area contributed by atoms with E-state index in [9.17, 15) is 0 Å². The molecule has 0 saturated carbocycles. The van der Waals surface area contributed by atoms with Crippen molar-refractivity contribution in [3.8, 4) is 0 Å². The molecule has 0 radical (unpaired) electrons. The van der Waals surface area contributed by atoms with Crippen LogP contribution in [-0.4, -0.2) is 28.3 Å². The summed E-state index contributed by atoms with van der Waals surface area (Å²) in [5, 5.41) is 0. The van der Waals surface area contributed by atoms with Crippen LogP contribution >= 0.6 is 24.8 Å². The molecule has 0 heterocycles. The zero-order chi connectivity index (χ0) is 15.5. The van der Waals surface area contributed by atoms with E-state index in [4.69, 9.17) is 13.9 Å². The molecule has 0 aliphatic carbocycles. The van der Waals surface area contributed by atoms with Gasteiger partial charge in [-0.2, -0.15) is 0 Å². The van der Waals surface area contributed by atoms with Crippen molar-refractivity contribution < 1.29 is 38.0 Å². The van der Waals surface area contributed by atoms with E-state index in [1.165, 1.54) is 0 Å². The van der Waals surface area contributed by atoms with E-state index >= 15 is 0 Å². The quantitative estimate of drug-likeness (QED) is 0.535. The Kier molecular flexibility index (Phi) is 13.0. The molecule has 0 fully saturated rings. The van der Waals surface area contributed by atoms with Crippen molar-refractivity contribution in [3.05, 3.63) is 0 Å². The van der Waals surface area contributed by atoms with Crippen LogP contribution in [0, 0.1) is 0 Å². The van der Waals surface area contributed by atoms with Gasteiger partial charge in [0, 0.05) is 0 Å². The van der Waals surface area contributed by atoms with E-state index < -0.39 is 41.2 Å². The van der Waals surface area contributed by atoms with Crippen LogP contribution in [0.1, 0.15) is 41.5 Å². The van der Waals surface area contributed by atoms with Gasteiger partial charge in [-0.25, -0.2) is 0 Å². The number of halogens is 2. The third-order valence-corrected chi connectivity index (χ3v) is 13.5. The van der Waals surface area contributed by atoms with Gasteiger partial charge < -0.3 is 0 Å². The van der Waals surface area contributed by atoms with Crippen molar-refractivity contribution >= 4 is 41.9 Å². The zero-order valence-corrected chi connectivity index (χ0v) is 21.0. The SMILES string of the molecule is CC(C)(C)O[Si](C)(C)[O][Zr][O][Si](C)(C)OC(C)(C)C.Cl.Cl. The first kappa shape index (κ1) is 27.6. The monoisotopic (exact) mass is 456 g/mol. The molecular formula is C12H32Cl2O4Si2Zr. The molecule has 0 aliphatic heterocycles. The molecule has 21 heavy (non-hydrogen) atoms. The fourth-order valence-electron chi connectivity index (χ4n) is 1.74. The van der Waals surface area contributed by atoms with Crippen LogP contribution in [0.5, 0.6) is 0 Å². The first-order chi connectivity index (χ1) is 8.12. The van der Waals surface area contributed by atoms with Crippen LogP contribution in [0.4, 0.5) is 0 Å². The molecule has 130 valence electrons. The average molecular weight is 459 g/mol. The Labute approximate surface area is 158 Å². The molecule has 0 aromatic rings. The Morgan fingerprint density at radius 2 is 0.857 bits per heavy atom. The maximum absolute atomic E-state index is 5.99. The van der Waals surface area contributed by atoms with Gasteiger partial charge in [0.15, 0.2) is 0 Å². The van der Waals surface area contributed by atoms with Crippen molar-refractivity contribution in [2.45, 2.75) is 78.9 Å². The molecule has 0 saturated heterocycles. The molecule has 0 atom stereocenters. The Hall–Kier alpha value is 1.74. The fraction of sp³-hybridized carbons (Fsp3) is 1.00. The van der Waals surface area contributed by atoms with Crippen molar-refractivity contribution in [1.29, 1.82) is 0 Å². The topological polar surface area (TPSA) is 36.9 Å². The third-order valence-electron chi connectivity index (χ3n) is 1.68. The first-order valence-electron chi connectivity index (χ1n) is 6.63. The molecular weight excluding hydrogens is 426 g/mol. The van der Waals surface area contributed by atoms with Crippen LogP contribution in [-0.2, 0) is 38.0 Å². The van der Waals surface area contributed by atoms with Crippen LogP contribution < -0.4 is 0 Å². The van der Waals surface area contributed by atoms with Crippen LogP contribution in [0.25, 0.3) is 0 Å². The van der Waals surface area contributed by atoms with Gasteiger partial charge in [-0.3, -0.25) is 0 Å². The smallest absolute Gasteiger partial charge is 0.147 e. The van der Waals surface area contributed by atoms with E-state index in [1.807, 2.05) is 0 Å². The predicted molar refractivity (Wildman–Crippen MR) is 93.3 cm³/mol. The Morgan fingerprint density at radius 3 is 1.05 bits per heavy atom. The molecule has 0 aromatic heterocycles. The zero-order valence-electron chi connectivity index (χ0n) is 14.9. The van der Waals surface area contributed by atoms with E-state index in [1.54, 1.807) is 0 Å². The minimum atomic E-state index is -2.08. The fourth-order valence-corrected chi connectivity index (χ4v) is 9.83. The second-order valence-electron chi connectivity index (χ2n) is 7.52. The predicted octanol–water partition coefficient (Wildman–Crippen LogP) is 4.81. The molecule has 0 amide bonds. The Bertz CT molecular complexity index is 264. The van der Waals surface area contributed by atoms with Gasteiger partial charge in [0.1, 0.15) is 0 Å². The summed E-state index contributed by atoms with van der Waals surface area (Å²) in [5.74, 6) is 0. The van der Waals surface area contributed by atoms with Gasteiger partial charge in [0.2, 0.25) is 0 Å². The summed E-state index contributed by atoms with van der Waals surface area (Å²) in [5.41, 5.74) is -0.325. The minimum Gasteiger partial charge on any atom is -0.147 e. The number of hydrogen-bond donors (Lipinski definition) is 0. The van der Waals surface area contributed by atoms with Crippen LogP contribution in [0.15, 0.2) is 0 Å². The second kappa shape index (κ2) is 9.89. The molecule has 4 nitrogen and oxygen atoms in total. The summed E-state index contributed by atoms with van der Waals surface area (Å²) in [4.78, 5) is 0. The van der Waals surface area contributed by atoms with E-state index in [0.29, 0.717) is 0 Å². The minimum absolute atomic E-state index is 0. The van der Waals surface area contributed by atoms with Gasteiger partial charge in [-0.05, 0) is 0 Å². The summed E-state index contributed by atoms with van der Waals surface area (Å²) >= 11 is -1.35. The van der Waals surface area contributed by atoms with Gasteiger partial charge in [-0.15, -0.1) is 24.8 Å². The second-order valence-corrected chi connectivity index (χ2v) is 17.4. The van der Waals surface area contributed by atoms with Gasteiger partial charge in [0.05, 0.1) is 0 Å². The summed E-state index contributed by atoms with van der Waals surface area (Å²) in [6, 6.07) is 0. The molecule has 0 N–H and O–H groups in total. The summed E-state index contributed by atoms with van der Waals surface area (Å²) in [6.07, 6.45) is 0. The van der Waals surface area contributed by atoms with E-state index in [2.05, 4.69) is 67.7 Å². The van der Waals surface area contributed by atoms with Crippen LogP contribution in [0.3, 0.4) is 0 Å². The molecule has 0 bridgehead atoms. The molecule has 0 spiro atoms. The summed E-state index contributed by atoms with van der Waals surface area (Å²) < 4.78 is 23.9. The third kappa shape index (κ3) is 17.9. The first-order valence-corrected chi connectivity index (χ1v) is 14.3. The van der Waals surface area contributed by atoms with Crippen LogP contribution in [0.2, 0.25) is 26.2 Å². The molecule has 0 aromatic carbocycles. The van der Waals surface area contributed by atoms with Gasteiger partial charge >= 0.3 is 134 Å². The van der Waals surface area contributed by atoms with E-state index in [-0.39, 0.29) is 36.0 Å². The number of hydrogen-bond acceptors (Lipinski definition) is 4. The molecule has 9 heteroatoms. The van der Waals surface area contributed by atoms with Crippen molar-refractivity contribution in [2.75, 3.05) is 0 Å². The standard InChI is InChI=1S/2C6H15O2Si.2ClH.Zr/c2*1-6(2,3)8-9(4,5)7;;;/h2*1-5H3;2*1H;/q2*-1;;;+2. The van der Waals surface area contributed by atoms with Crippen molar-refractivity contribution in [2.24, 2.45) is 0 Å². The number of rotatable bonds is 6. The van der Waals surface area contributed by atoms with E-state index in [0.717, 1.165) is 0 Å². The van der Waals surface area contributed by atoms with Gasteiger partial charge in [-0.1, -0.05) is 0 Å². The maximum Gasteiger partial charge on any atom is -0.147 e. The average Bonchev–Trinajstić information content (AvgIpc) is 1.90. The summed E-state index contributed by atoms with van der Waals surface area (Å²) in [7, 11) is -4.16. The summed E-state index contributed by atoms with van der Waals surface area (Å²) in [6.45, 7) is 20.6. The van der Waals surface area contributed by atoms with Gasteiger partial charge in [0.25, 0.3) is 0 Å².